The fraction of sp³-hybridized carbons (Fsp3) is 0.562. The van der Waals surface area contributed by atoms with Crippen molar-refractivity contribution in [3.05, 3.63) is 88.0 Å². The van der Waals surface area contributed by atoms with Gasteiger partial charge in [-0.25, -0.2) is 0 Å². The van der Waals surface area contributed by atoms with E-state index in [1.54, 1.807) is 0 Å². The van der Waals surface area contributed by atoms with Gasteiger partial charge in [0, 0.05) is 36.7 Å². The Bertz CT molecular complexity index is 1510. The number of carbonyl (C=O) groups excluding carboxylic acids is 3. The molecule has 0 radical (unpaired) electrons. The fourth-order valence-electron chi connectivity index (χ4n) is 8.39. The molecule has 0 unspecified atom stereocenters. The molecule has 6 rings (SSSR count). The molecule has 3 amide bonds. The molecule has 3 aliphatic rings. The fourth-order valence-corrected chi connectivity index (χ4v) is 8.39. The molecular weight excluding hydrogens is 709 g/mol. The van der Waals surface area contributed by atoms with Crippen molar-refractivity contribution in [1.82, 2.24) is 14.7 Å². The van der Waals surface area contributed by atoms with Crippen LogP contribution >= 0.6 is 0 Å². The number of hydrogen-bond acceptors (Lipinski definition) is 6. The van der Waals surface area contributed by atoms with Gasteiger partial charge in [-0.15, -0.1) is 0 Å². The molecule has 9 nitrogen and oxygen atoms in total. The average Bonchev–Trinajstić information content (AvgIpc) is 3.90. The highest BCUT2D eigenvalue weighted by atomic mass is 16.2. The Labute approximate surface area is 344 Å². The van der Waals surface area contributed by atoms with Crippen LogP contribution < -0.4 is 16.0 Å². The van der Waals surface area contributed by atoms with Crippen molar-refractivity contribution in [3.63, 3.8) is 0 Å². The third-order valence-corrected chi connectivity index (χ3v) is 11.0. The Hall–Kier alpha value is -4.05. The third-order valence-electron chi connectivity index (χ3n) is 11.0. The quantitative estimate of drug-likeness (QED) is 0.100. The molecule has 312 valence electrons. The molecular formula is C48H72N6O3. The van der Waals surface area contributed by atoms with Gasteiger partial charge >= 0.3 is 0 Å². The molecule has 0 atom stereocenters. The average molecular weight is 781 g/mol. The van der Waals surface area contributed by atoms with Gasteiger partial charge in [-0.2, -0.15) is 0 Å². The van der Waals surface area contributed by atoms with Crippen molar-refractivity contribution >= 4 is 34.8 Å². The molecule has 0 aromatic heterocycles. The van der Waals surface area contributed by atoms with Crippen LogP contribution in [0, 0.1) is 0 Å². The minimum atomic E-state index is 0.126. The molecule has 3 aliphatic heterocycles. The second-order valence-electron chi connectivity index (χ2n) is 15.8. The molecule has 0 spiro atoms. The summed E-state index contributed by atoms with van der Waals surface area (Å²) in [6.07, 6.45) is 12.0. The molecule has 3 N–H and O–H groups in total. The van der Waals surface area contributed by atoms with E-state index in [-0.39, 0.29) is 17.7 Å². The Balaban J connectivity index is 0.000000189. The second kappa shape index (κ2) is 24.7. The van der Waals surface area contributed by atoms with Crippen molar-refractivity contribution in [2.75, 3.05) is 74.9 Å². The summed E-state index contributed by atoms with van der Waals surface area (Å²) in [4.78, 5) is 42.0. The maximum absolute atomic E-state index is 11.5. The number of amides is 3. The summed E-state index contributed by atoms with van der Waals surface area (Å²) in [5.41, 5.74) is 10.6. The molecule has 0 saturated carbocycles. The first-order valence-corrected chi connectivity index (χ1v) is 22.1. The molecule has 0 aliphatic carbocycles. The number of nitrogens with zero attached hydrogens (tertiary/aromatic N) is 3. The van der Waals surface area contributed by atoms with E-state index in [0.717, 1.165) is 56.0 Å². The largest absolute Gasteiger partial charge is 0.326 e. The zero-order valence-electron chi connectivity index (χ0n) is 36.1. The van der Waals surface area contributed by atoms with Gasteiger partial charge in [-0.1, -0.05) is 77.9 Å². The molecule has 0 bridgehead atoms. The lowest BCUT2D eigenvalue weighted by Gasteiger charge is -2.21. The highest BCUT2D eigenvalue weighted by molar-refractivity contribution is 6.00. The van der Waals surface area contributed by atoms with Gasteiger partial charge < -0.3 is 30.7 Å². The number of benzene rings is 3. The third kappa shape index (κ3) is 14.4. The van der Waals surface area contributed by atoms with E-state index in [1.165, 1.54) is 111 Å². The highest BCUT2D eigenvalue weighted by Gasteiger charge is 2.22. The first-order chi connectivity index (χ1) is 27.7. The van der Waals surface area contributed by atoms with Crippen molar-refractivity contribution in [2.45, 2.75) is 119 Å². The van der Waals surface area contributed by atoms with E-state index in [9.17, 15) is 14.4 Å². The standard InChI is InChI=1S/3C16H24N2O/c3*1-3-9-18(10-4-2)11-8-13-6-5-7-15-14(13)12-16(19)17-15/h3*5-7H,3-4,8-12H2,1-2H3,(H,17,19). The lowest BCUT2D eigenvalue weighted by atomic mass is 10.0. The van der Waals surface area contributed by atoms with Gasteiger partial charge in [-0.05, 0) is 149 Å². The van der Waals surface area contributed by atoms with Crippen LogP contribution in [-0.2, 0) is 52.9 Å². The zero-order valence-corrected chi connectivity index (χ0v) is 36.1. The van der Waals surface area contributed by atoms with Gasteiger partial charge in [0.15, 0.2) is 0 Å². The predicted molar refractivity (Wildman–Crippen MR) is 239 cm³/mol. The predicted octanol–water partition coefficient (Wildman–Crippen LogP) is 8.54. The Morgan fingerprint density at radius 2 is 0.632 bits per heavy atom. The molecule has 0 saturated heterocycles. The number of nitrogens with one attached hydrogen (secondary N) is 3. The van der Waals surface area contributed by atoms with Gasteiger partial charge in [0.25, 0.3) is 0 Å². The summed E-state index contributed by atoms with van der Waals surface area (Å²) in [5, 5.41) is 8.77. The van der Waals surface area contributed by atoms with E-state index >= 15 is 0 Å². The van der Waals surface area contributed by atoms with Crippen LogP contribution in [0.5, 0.6) is 0 Å². The molecule has 3 aromatic carbocycles. The van der Waals surface area contributed by atoms with Crippen LogP contribution in [-0.4, -0.2) is 91.3 Å². The molecule has 57 heavy (non-hydrogen) atoms. The number of fused-ring (bicyclic) bond motifs is 3. The Morgan fingerprint density at radius 1 is 0.386 bits per heavy atom. The van der Waals surface area contributed by atoms with Gasteiger partial charge in [-0.3, -0.25) is 14.4 Å². The molecule has 3 heterocycles. The van der Waals surface area contributed by atoms with Crippen molar-refractivity contribution in [1.29, 1.82) is 0 Å². The Kier molecular flexibility index (Phi) is 19.7. The van der Waals surface area contributed by atoms with Crippen LogP contribution in [0.4, 0.5) is 17.1 Å². The van der Waals surface area contributed by atoms with Crippen LogP contribution in [0.1, 0.15) is 113 Å². The van der Waals surface area contributed by atoms with Crippen LogP contribution in [0.25, 0.3) is 0 Å². The van der Waals surface area contributed by atoms with Gasteiger partial charge in [0.1, 0.15) is 0 Å². The summed E-state index contributed by atoms with van der Waals surface area (Å²) >= 11 is 0. The highest BCUT2D eigenvalue weighted by Crippen LogP contribution is 2.29. The van der Waals surface area contributed by atoms with Gasteiger partial charge in [0.2, 0.25) is 17.7 Å². The lowest BCUT2D eigenvalue weighted by Crippen LogP contribution is -2.28. The normalized spacial score (nSPS) is 13.7. The molecule has 3 aromatic rings. The van der Waals surface area contributed by atoms with Crippen molar-refractivity contribution in [2.24, 2.45) is 0 Å². The summed E-state index contributed by atoms with van der Waals surface area (Å²) in [5.74, 6) is 0.379. The smallest absolute Gasteiger partial charge is 0.228 e. The van der Waals surface area contributed by atoms with Crippen LogP contribution in [0.3, 0.4) is 0 Å². The first kappa shape index (κ1) is 45.6. The Morgan fingerprint density at radius 3 is 0.860 bits per heavy atom. The maximum atomic E-state index is 11.5. The van der Waals surface area contributed by atoms with E-state index < -0.39 is 0 Å². The van der Waals surface area contributed by atoms with Crippen LogP contribution in [0.2, 0.25) is 0 Å². The topological polar surface area (TPSA) is 97.0 Å². The SMILES string of the molecule is CCCN(CCC)CCc1cccc2c1CC(=O)N2.CCCN(CCC)CCc1cccc2c1CC(=O)N2.CCCN(CCC)CCc1cccc2c1CC(=O)N2. The minimum absolute atomic E-state index is 0.126. The number of anilines is 3. The van der Waals surface area contributed by atoms with E-state index in [4.69, 9.17) is 0 Å². The van der Waals surface area contributed by atoms with E-state index in [2.05, 4.69) is 90.4 Å². The maximum Gasteiger partial charge on any atom is 0.228 e. The summed E-state index contributed by atoms with van der Waals surface area (Å²) in [6, 6.07) is 18.6. The van der Waals surface area contributed by atoms with Crippen molar-refractivity contribution < 1.29 is 14.4 Å². The zero-order chi connectivity index (χ0) is 41.0. The number of carbonyl (C=O) groups is 3. The summed E-state index contributed by atoms with van der Waals surface area (Å²) in [6.45, 7) is 23.6. The number of hydrogen-bond donors (Lipinski definition) is 3. The summed E-state index contributed by atoms with van der Waals surface area (Å²) < 4.78 is 0. The lowest BCUT2D eigenvalue weighted by molar-refractivity contribution is -0.115. The van der Waals surface area contributed by atoms with Crippen LogP contribution in [0.15, 0.2) is 54.6 Å². The summed E-state index contributed by atoms with van der Waals surface area (Å²) in [7, 11) is 0. The van der Waals surface area contributed by atoms with E-state index in [0.29, 0.717) is 19.3 Å². The molecule has 0 fully saturated rings. The molecule has 9 heteroatoms. The van der Waals surface area contributed by atoms with Gasteiger partial charge in [0.05, 0.1) is 19.3 Å². The first-order valence-electron chi connectivity index (χ1n) is 22.1. The monoisotopic (exact) mass is 781 g/mol. The van der Waals surface area contributed by atoms with E-state index in [1.807, 2.05) is 36.4 Å². The van der Waals surface area contributed by atoms with Crippen molar-refractivity contribution in [3.8, 4) is 0 Å². The minimum Gasteiger partial charge on any atom is -0.326 e. The second-order valence-corrected chi connectivity index (χ2v) is 15.8. The number of rotatable bonds is 21.